The molecule has 0 radical (unpaired) electrons. The van der Waals surface area contributed by atoms with Crippen molar-refractivity contribution in [3.63, 3.8) is 0 Å². The van der Waals surface area contributed by atoms with Crippen LogP contribution in [0.4, 0.5) is 0 Å². The summed E-state index contributed by atoms with van der Waals surface area (Å²) in [5.74, 6) is 0. The van der Waals surface area contributed by atoms with Gasteiger partial charge in [-0.05, 0) is 12.0 Å². The summed E-state index contributed by atoms with van der Waals surface area (Å²) >= 11 is 6.37. The van der Waals surface area contributed by atoms with E-state index in [0.717, 1.165) is 16.7 Å². The molecule has 1 aromatic carbocycles. The largest absolute Gasteiger partial charge is 0.118 e. The summed E-state index contributed by atoms with van der Waals surface area (Å²) in [5.41, 5.74) is 1.36. The Morgan fingerprint density at radius 3 is 2.64 bits per heavy atom. The molecule has 0 amide bonds. The van der Waals surface area contributed by atoms with E-state index in [9.17, 15) is 0 Å². The van der Waals surface area contributed by atoms with E-state index >= 15 is 0 Å². The van der Waals surface area contributed by atoms with E-state index in [1.165, 1.54) is 30.0 Å². The van der Waals surface area contributed by atoms with Gasteiger partial charge in [0.2, 0.25) is 0 Å². The quantitative estimate of drug-likeness (QED) is 0.411. The molecule has 0 aromatic heterocycles. The first kappa shape index (κ1) is 11.8. The van der Waals surface area contributed by atoms with Crippen LogP contribution in [0, 0.1) is 0 Å². The first-order chi connectivity index (χ1) is 6.75. The predicted octanol–water partition coefficient (Wildman–Crippen LogP) is 2.54. The average molecular weight is 227 g/mol. The number of hydrogen-bond donors (Lipinski definition) is 0. The van der Waals surface area contributed by atoms with Gasteiger partial charge < -0.3 is 0 Å². The van der Waals surface area contributed by atoms with Gasteiger partial charge in [0.15, 0.2) is 0 Å². The first-order valence-corrected chi connectivity index (χ1v) is 6.89. The van der Waals surface area contributed by atoms with Crippen molar-refractivity contribution in [1.29, 1.82) is 0 Å². The Balaban J connectivity index is 2.51. The summed E-state index contributed by atoms with van der Waals surface area (Å²) in [6.07, 6.45) is 4.94. The Kier molecular flexibility index (Phi) is 5.27. The minimum atomic E-state index is 0.232. The molecular formula is C12H19ClSi. The van der Waals surface area contributed by atoms with Gasteiger partial charge in [-0.2, -0.15) is 0 Å². The summed E-state index contributed by atoms with van der Waals surface area (Å²) in [5, 5.41) is 1.68. The van der Waals surface area contributed by atoms with Gasteiger partial charge in [-0.25, -0.2) is 0 Å². The van der Waals surface area contributed by atoms with Crippen LogP contribution in [0.5, 0.6) is 0 Å². The normalized spacial score (nSPS) is 13.0. The van der Waals surface area contributed by atoms with E-state index in [0.29, 0.717) is 0 Å². The maximum absolute atomic E-state index is 6.37. The molecule has 0 nitrogen and oxygen atoms in total. The van der Waals surface area contributed by atoms with Gasteiger partial charge in [-0.1, -0.05) is 55.6 Å². The number of alkyl halides is 1. The molecule has 1 atom stereocenters. The maximum atomic E-state index is 6.37. The number of halogens is 1. The molecule has 78 valence electrons. The van der Waals surface area contributed by atoms with Crippen molar-refractivity contribution in [2.24, 2.45) is 0 Å². The molecule has 2 heteroatoms. The molecule has 0 fully saturated rings. The lowest BCUT2D eigenvalue weighted by Gasteiger charge is -2.12. The second-order valence-electron chi connectivity index (χ2n) is 3.82. The summed E-state index contributed by atoms with van der Waals surface area (Å²) in [7, 11) is 1.10. The minimum absolute atomic E-state index is 0.232. The van der Waals surface area contributed by atoms with Gasteiger partial charge in [0.1, 0.15) is 0 Å². The fourth-order valence-electron chi connectivity index (χ4n) is 1.67. The van der Waals surface area contributed by atoms with Gasteiger partial charge in [-0.15, -0.1) is 11.6 Å². The van der Waals surface area contributed by atoms with E-state index in [-0.39, 0.29) is 5.38 Å². The summed E-state index contributed by atoms with van der Waals surface area (Å²) < 4.78 is 0. The molecule has 1 aromatic rings. The van der Waals surface area contributed by atoms with Crippen LogP contribution >= 0.6 is 11.6 Å². The lowest BCUT2D eigenvalue weighted by molar-refractivity contribution is 0.656. The van der Waals surface area contributed by atoms with Gasteiger partial charge >= 0.3 is 0 Å². The summed E-state index contributed by atoms with van der Waals surface area (Å²) in [4.78, 5) is 0. The van der Waals surface area contributed by atoms with Crippen molar-refractivity contribution in [2.45, 2.75) is 38.0 Å². The van der Waals surface area contributed by atoms with Crippen molar-refractivity contribution in [1.82, 2.24) is 0 Å². The molecule has 0 spiro atoms. The number of unbranched alkanes of at least 4 members (excludes halogenated alkanes) is 2. The highest BCUT2D eigenvalue weighted by atomic mass is 35.5. The Hall–Kier alpha value is -0.273. The topological polar surface area (TPSA) is 0 Å². The molecule has 0 bridgehead atoms. The van der Waals surface area contributed by atoms with Crippen molar-refractivity contribution in [3.05, 3.63) is 29.8 Å². The zero-order chi connectivity index (χ0) is 10.4. The van der Waals surface area contributed by atoms with Gasteiger partial charge in [0.05, 0.1) is 5.38 Å². The third-order valence-corrected chi connectivity index (χ3v) is 3.95. The highest BCUT2D eigenvalue weighted by Gasteiger charge is 2.08. The molecule has 0 heterocycles. The number of benzene rings is 1. The lowest BCUT2D eigenvalue weighted by atomic mass is 10.1. The van der Waals surface area contributed by atoms with Crippen molar-refractivity contribution < 1.29 is 0 Å². The van der Waals surface area contributed by atoms with Crippen LogP contribution in [0.2, 0.25) is 0 Å². The van der Waals surface area contributed by atoms with Crippen LogP contribution in [0.15, 0.2) is 24.3 Å². The lowest BCUT2D eigenvalue weighted by Crippen LogP contribution is -2.11. The molecule has 1 unspecified atom stereocenters. The molecule has 0 saturated heterocycles. The predicted molar refractivity (Wildman–Crippen MR) is 68.8 cm³/mol. The Labute approximate surface area is 95.1 Å². The Morgan fingerprint density at radius 2 is 2.00 bits per heavy atom. The molecule has 0 aliphatic heterocycles. The van der Waals surface area contributed by atoms with E-state index < -0.39 is 0 Å². The molecular weight excluding hydrogens is 208 g/mol. The highest BCUT2D eigenvalue weighted by molar-refractivity contribution is 6.34. The fourth-order valence-corrected chi connectivity index (χ4v) is 2.96. The molecule has 1 rings (SSSR count). The second-order valence-corrected chi connectivity index (χ2v) is 5.42. The number of rotatable bonds is 5. The van der Waals surface area contributed by atoms with Crippen LogP contribution < -0.4 is 5.19 Å². The second kappa shape index (κ2) is 6.26. The first-order valence-electron chi connectivity index (χ1n) is 5.45. The monoisotopic (exact) mass is 226 g/mol. The van der Waals surface area contributed by atoms with E-state index in [4.69, 9.17) is 11.6 Å². The fraction of sp³-hybridized carbons (Fsp3) is 0.500. The summed E-state index contributed by atoms with van der Waals surface area (Å²) in [6.45, 7) is 2.23. The van der Waals surface area contributed by atoms with E-state index in [1.807, 2.05) is 0 Å². The summed E-state index contributed by atoms with van der Waals surface area (Å²) in [6, 6.07) is 8.55. The molecule has 0 N–H and O–H groups in total. The van der Waals surface area contributed by atoms with Gasteiger partial charge in [0.25, 0.3) is 0 Å². The zero-order valence-electron chi connectivity index (χ0n) is 9.09. The van der Waals surface area contributed by atoms with E-state index in [2.05, 4.69) is 31.2 Å². The standard InChI is InChI=1S/C12H19ClSi/c1-2-3-4-8-11(13)10-7-5-6-9-12(10)14/h5-7,9,11H,2-4,8H2,1,14H3. The van der Waals surface area contributed by atoms with Crippen molar-refractivity contribution in [3.8, 4) is 0 Å². The van der Waals surface area contributed by atoms with Gasteiger partial charge in [-0.3, -0.25) is 0 Å². The van der Waals surface area contributed by atoms with Crippen LogP contribution in [0.1, 0.15) is 43.5 Å². The van der Waals surface area contributed by atoms with Crippen LogP contribution in [0.3, 0.4) is 0 Å². The van der Waals surface area contributed by atoms with Crippen LogP contribution in [0.25, 0.3) is 0 Å². The van der Waals surface area contributed by atoms with E-state index in [1.54, 1.807) is 0 Å². The van der Waals surface area contributed by atoms with Crippen molar-refractivity contribution in [2.75, 3.05) is 0 Å². The molecule has 0 aliphatic rings. The average Bonchev–Trinajstić information content (AvgIpc) is 2.18. The van der Waals surface area contributed by atoms with Crippen LogP contribution in [-0.4, -0.2) is 10.2 Å². The number of hydrogen-bond acceptors (Lipinski definition) is 0. The molecule has 0 saturated carbocycles. The van der Waals surface area contributed by atoms with Crippen molar-refractivity contribution >= 4 is 27.0 Å². The van der Waals surface area contributed by atoms with Crippen LogP contribution in [-0.2, 0) is 0 Å². The Bertz CT molecular complexity index is 273. The third kappa shape index (κ3) is 3.47. The highest BCUT2D eigenvalue weighted by Crippen LogP contribution is 2.24. The Morgan fingerprint density at radius 1 is 1.29 bits per heavy atom. The minimum Gasteiger partial charge on any atom is -0.118 e. The maximum Gasteiger partial charge on any atom is 0.0583 e. The third-order valence-electron chi connectivity index (χ3n) is 2.59. The smallest absolute Gasteiger partial charge is 0.0583 e. The van der Waals surface area contributed by atoms with Gasteiger partial charge in [0, 0.05) is 10.2 Å². The molecule has 0 aliphatic carbocycles. The molecule has 14 heavy (non-hydrogen) atoms. The SMILES string of the molecule is CCCCCC(Cl)c1ccccc1[SiH3]. The zero-order valence-corrected chi connectivity index (χ0v) is 11.8.